The first kappa shape index (κ1) is 14.2. The number of aryl methyl sites for hydroxylation is 2. The lowest BCUT2D eigenvalue weighted by atomic mass is 9.86. The number of urea groups is 1. The third-order valence-electron chi connectivity index (χ3n) is 4.51. The zero-order chi connectivity index (χ0) is 14.7. The Morgan fingerprint density at radius 2 is 2.05 bits per heavy atom. The molecule has 1 fully saturated rings. The van der Waals surface area contributed by atoms with Crippen molar-refractivity contribution in [2.75, 3.05) is 19.6 Å². The van der Waals surface area contributed by atoms with Crippen molar-refractivity contribution in [1.29, 1.82) is 0 Å². The summed E-state index contributed by atoms with van der Waals surface area (Å²) in [5, 5.41) is 7.28. The fourth-order valence-electron chi connectivity index (χ4n) is 3.32. The van der Waals surface area contributed by atoms with Crippen molar-refractivity contribution in [3.63, 3.8) is 0 Å². The number of rotatable bonds is 4. The van der Waals surface area contributed by atoms with Gasteiger partial charge in [0.05, 0.1) is 6.20 Å². The lowest BCUT2D eigenvalue weighted by Gasteiger charge is -2.17. The topological polar surface area (TPSA) is 50.2 Å². The summed E-state index contributed by atoms with van der Waals surface area (Å²) in [6.45, 7) is 5.43. The van der Waals surface area contributed by atoms with E-state index in [0.29, 0.717) is 18.4 Å². The van der Waals surface area contributed by atoms with Crippen LogP contribution in [-0.4, -0.2) is 40.3 Å². The Bertz CT molecular complexity index is 506. The first-order chi connectivity index (χ1) is 10.2. The van der Waals surface area contributed by atoms with Crippen LogP contribution < -0.4 is 5.32 Å². The Morgan fingerprint density at radius 1 is 1.33 bits per heavy atom. The predicted molar refractivity (Wildman–Crippen MR) is 81.9 cm³/mol. The lowest BCUT2D eigenvalue weighted by Crippen LogP contribution is -2.39. The molecule has 3 rings (SSSR count). The minimum absolute atomic E-state index is 0.0982. The van der Waals surface area contributed by atoms with Gasteiger partial charge in [0.2, 0.25) is 0 Å². The van der Waals surface area contributed by atoms with E-state index in [4.69, 9.17) is 0 Å². The minimum Gasteiger partial charge on any atom is -0.338 e. The molecule has 0 spiro atoms. The van der Waals surface area contributed by atoms with Gasteiger partial charge in [-0.3, -0.25) is 4.68 Å². The number of hydrogen-bond donors (Lipinski definition) is 1. The molecule has 5 heteroatoms. The summed E-state index contributed by atoms with van der Waals surface area (Å²) in [4.78, 5) is 14.2. The van der Waals surface area contributed by atoms with E-state index in [1.165, 1.54) is 5.56 Å². The number of allylic oxidation sites excluding steroid dienone is 2. The van der Waals surface area contributed by atoms with E-state index in [0.717, 1.165) is 38.9 Å². The Labute approximate surface area is 126 Å². The van der Waals surface area contributed by atoms with Crippen molar-refractivity contribution < 1.29 is 4.79 Å². The highest BCUT2D eigenvalue weighted by Crippen LogP contribution is 2.32. The number of amides is 2. The second kappa shape index (κ2) is 6.33. The SMILES string of the molecule is Cc1cnn(CCCNC(=O)N2C[C@H]3CC=CC[C@@H]3C2)c1. The summed E-state index contributed by atoms with van der Waals surface area (Å²) < 4.78 is 1.93. The van der Waals surface area contributed by atoms with Crippen LogP contribution in [0.3, 0.4) is 0 Å². The fraction of sp³-hybridized carbons (Fsp3) is 0.625. The number of hydrogen-bond acceptors (Lipinski definition) is 2. The first-order valence-electron chi connectivity index (χ1n) is 7.89. The molecule has 2 amide bonds. The zero-order valence-corrected chi connectivity index (χ0v) is 12.7. The highest BCUT2D eigenvalue weighted by molar-refractivity contribution is 5.74. The maximum absolute atomic E-state index is 12.2. The molecule has 0 radical (unpaired) electrons. The third kappa shape index (κ3) is 3.46. The summed E-state index contributed by atoms with van der Waals surface area (Å²) in [6, 6.07) is 0.0982. The summed E-state index contributed by atoms with van der Waals surface area (Å²) in [5.74, 6) is 1.35. The van der Waals surface area contributed by atoms with Crippen LogP contribution >= 0.6 is 0 Å². The Hall–Kier alpha value is -1.78. The van der Waals surface area contributed by atoms with Crippen molar-refractivity contribution in [3.8, 4) is 0 Å². The lowest BCUT2D eigenvalue weighted by molar-refractivity contribution is 0.206. The van der Waals surface area contributed by atoms with Crippen molar-refractivity contribution in [1.82, 2.24) is 20.0 Å². The van der Waals surface area contributed by atoms with Gasteiger partial charge in [0.25, 0.3) is 0 Å². The number of nitrogens with zero attached hydrogens (tertiary/aromatic N) is 3. The Morgan fingerprint density at radius 3 is 2.67 bits per heavy atom. The third-order valence-corrected chi connectivity index (χ3v) is 4.51. The van der Waals surface area contributed by atoms with Gasteiger partial charge in [0.15, 0.2) is 0 Å². The highest BCUT2D eigenvalue weighted by atomic mass is 16.2. The maximum Gasteiger partial charge on any atom is 0.317 e. The molecule has 1 aliphatic heterocycles. The Kier molecular flexibility index (Phi) is 4.27. The van der Waals surface area contributed by atoms with Gasteiger partial charge in [0, 0.05) is 32.4 Å². The molecule has 5 nitrogen and oxygen atoms in total. The summed E-state index contributed by atoms with van der Waals surface area (Å²) >= 11 is 0. The van der Waals surface area contributed by atoms with Gasteiger partial charge in [0.1, 0.15) is 0 Å². The number of fused-ring (bicyclic) bond motifs is 1. The number of carbonyl (C=O) groups is 1. The maximum atomic E-state index is 12.2. The zero-order valence-electron chi connectivity index (χ0n) is 12.7. The molecular formula is C16H24N4O. The molecule has 1 aromatic heterocycles. The largest absolute Gasteiger partial charge is 0.338 e. The molecule has 2 heterocycles. The van der Waals surface area contributed by atoms with Crippen LogP contribution in [0.2, 0.25) is 0 Å². The monoisotopic (exact) mass is 288 g/mol. The van der Waals surface area contributed by atoms with Crippen molar-refractivity contribution in [2.45, 2.75) is 32.7 Å². The summed E-state index contributed by atoms with van der Waals surface area (Å²) in [6.07, 6.45) is 11.6. The van der Waals surface area contributed by atoms with Crippen LogP contribution in [-0.2, 0) is 6.54 Å². The molecule has 2 atom stereocenters. The van der Waals surface area contributed by atoms with E-state index in [2.05, 4.69) is 22.6 Å². The van der Waals surface area contributed by atoms with Gasteiger partial charge in [-0.25, -0.2) is 4.79 Å². The second-order valence-electron chi connectivity index (χ2n) is 6.23. The van der Waals surface area contributed by atoms with Crippen LogP contribution in [0.25, 0.3) is 0 Å². The molecular weight excluding hydrogens is 264 g/mol. The average molecular weight is 288 g/mol. The second-order valence-corrected chi connectivity index (χ2v) is 6.23. The van der Waals surface area contributed by atoms with Gasteiger partial charge >= 0.3 is 6.03 Å². The van der Waals surface area contributed by atoms with E-state index in [1.54, 1.807) is 0 Å². The Balaban J connectivity index is 1.37. The molecule has 0 bridgehead atoms. The molecule has 1 saturated heterocycles. The van der Waals surface area contributed by atoms with Gasteiger partial charge < -0.3 is 10.2 Å². The van der Waals surface area contributed by atoms with Gasteiger partial charge in [-0.15, -0.1) is 0 Å². The van der Waals surface area contributed by atoms with Crippen LogP contribution in [0.1, 0.15) is 24.8 Å². The van der Waals surface area contributed by atoms with E-state index < -0.39 is 0 Å². The molecule has 0 aromatic carbocycles. The average Bonchev–Trinajstić information content (AvgIpc) is 3.09. The quantitative estimate of drug-likeness (QED) is 0.682. The smallest absolute Gasteiger partial charge is 0.317 e. The van der Waals surface area contributed by atoms with E-state index in [9.17, 15) is 4.79 Å². The molecule has 1 N–H and O–H groups in total. The molecule has 114 valence electrons. The van der Waals surface area contributed by atoms with Crippen LogP contribution in [0.15, 0.2) is 24.5 Å². The van der Waals surface area contributed by atoms with Gasteiger partial charge in [-0.2, -0.15) is 5.10 Å². The predicted octanol–water partition coefficient (Wildman–Crippen LogP) is 2.19. The summed E-state index contributed by atoms with van der Waals surface area (Å²) in [7, 11) is 0. The van der Waals surface area contributed by atoms with E-state index >= 15 is 0 Å². The molecule has 1 aliphatic carbocycles. The van der Waals surface area contributed by atoms with Crippen LogP contribution in [0.5, 0.6) is 0 Å². The van der Waals surface area contributed by atoms with E-state index in [1.807, 2.05) is 28.9 Å². The molecule has 1 aromatic rings. The molecule has 0 unspecified atom stereocenters. The van der Waals surface area contributed by atoms with Crippen molar-refractivity contribution >= 4 is 6.03 Å². The van der Waals surface area contributed by atoms with Crippen LogP contribution in [0, 0.1) is 18.8 Å². The highest BCUT2D eigenvalue weighted by Gasteiger charge is 2.34. The number of likely N-dealkylation sites (tertiary alicyclic amines) is 1. The normalized spacial score (nSPS) is 24.1. The number of nitrogens with one attached hydrogen (secondary N) is 1. The molecule has 21 heavy (non-hydrogen) atoms. The van der Waals surface area contributed by atoms with Crippen LogP contribution in [0.4, 0.5) is 4.79 Å². The van der Waals surface area contributed by atoms with Gasteiger partial charge in [-0.1, -0.05) is 12.2 Å². The standard InChI is InChI=1S/C16H24N4O/c1-13-9-18-20(10-13)8-4-7-17-16(21)19-11-14-5-2-3-6-15(14)12-19/h2-3,9-10,14-15H,4-8,11-12H2,1H3,(H,17,21)/t14-,15-/m1/s1. The summed E-state index contributed by atoms with van der Waals surface area (Å²) in [5.41, 5.74) is 1.17. The first-order valence-corrected chi connectivity index (χ1v) is 7.89. The van der Waals surface area contributed by atoms with Gasteiger partial charge in [-0.05, 0) is 43.6 Å². The minimum atomic E-state index is 0.0982. The molecule has 2 aliphatic rings. The van der Waals surface area contributed by atoms with Crippen molar-refractivity contribution in [3.05, 3.63) is 30.1 Å². The van der Waals surface area contributed by atoms with E-state index in [-0.39, 0.29) is 6.03 Å². The fourth-order valence-corrected chi connectivity index (χ4v) is 3.32. The number of aromatic nitrogens is 2. The van der Waals surface area contributed by atoms with Crippen molar-refractivity contribution in [2.24, 2.45) is 11.8 Å². The molecule has 0 saturated carbocycles. The number of carbonyl (C=O) groups excluding carboxylic acids is 1.